The van der Waals surface area contributed by atoms with Crippen molar-refractivity contribution in [3.05, 3.63) is 34.9 Å². The van der Waals surface area contributed by atoms with E-state index in [1.54, 1.807) is 19.1 Å². The number of rotatable bonds is 3. The van der Waals surface area contributed by atoms with E-state index in [1.807, 2.05) is 0 Å². The molecule has 0 aromatic heterocycles. The van der Waals surface area contributed by atoms with Gasteiger partial charge in [0.1, 0.15) is 0 Å². The first-order valence-electron chi connectivity index (χ1n) is 6.03. The average Bonchev–Trinajstić information content (AvgIpc) is 2.66. The van der Waals surface area contributed by atoms with Gasteiger partial charge in [-0.1, -0.05) is 18.2 Å². The van der Waals surface area contributed by atoms with E-state index in [0.29, 0.717) is 5.56 Å². The summed E-state index contributed by atoms with van der Waals surface area (Å²) in [5.74, 6) is -1.97. The molecule has 3 nitrogen and oxygen atoms in total. The number of aryl methyl sites for hydroxylation is 1. The molecule has 102 valence electrons. The maximum absolute atomic E-state index is 13.4. The molecule has 19 heavy (non-hydrogen) atoms. The fourth-order valence-corrected chi connectivity index (χ4v) is 2.44. The van der Waals surface area contributed by atoms with Crippen molar-refractivity contribution in [2.45, 2.75) is 26.7 Å². The molecule has 1 aromatic carbocycles. The van der Waals surface area contributed by atoms with Crippen LogP contribution in [0.1, 0.15) is 28.4 Å². The zero-order chi connectivity index (χ0) is 14.2. The van der Waals surface area contributed by atoms with Crippen LogP contribution in [0.5, 0.6) is 0 Å². The number of hydrogen-bond acceptors (Lipinski definition) is 3. The number of benzene rings is 1. The van der Waals surface area contributed by atoms with E-state index < -0.39 is 23.6 Å². The van der Waals surface area contributed by atoms with Crippen LogP contribution in [0.2, 0.25) is 0 Å². The van der Waals surface area contributed by atoms with Gasteiger partial charge in [0.2, 0.25) is 0 Å². The lowest BCUT2D eigenvalue weighted by Crippen LogP contribution is -2.45. The zero-order valence-corrected chi connectivity index (χ0v) is 10.7. The van der Waals surface area contributed by atoms with Crippen LogP contribution in [-0.4, -0.2) is 24.8 Å². The van der Waals surface area contributed by atoms with Crippen molar-refractivity contribution in [2.75, 3.05) is 6.61 Å². The molecule has 0 amide bonds. The Bertz CT molecular complexity index is 539. The Morgan fingerprint density at radius 3 is 2.68 bits per heavy atom. The zero-order valence-electron chi connectivity index (χ0n) is 10.7. The standard InChI is InChI=1S/C14H14F2O3/c1-3-19-13(18)14(12(15)16)7-10-8(2)5-4-6-9(10)11(14)17/h4-6,12H,3,7H2,1-2H3. The van der Waals surface area contributed by atoms with Gasteiger partial charge in [0, 0.05) is 12.0 Å². The predicted molar refractivity (Wildman–Crippen MR) is 64.3 cm³/mol. The summed E-state index contributed by atoms with van der Waals surface area (Å²) in [5, 5.41) is 0. The highest BCUT2D eigenvalue weighted by Crippen LogP contribution is 2.43. The summed E-state index contributed by atoms with van der Waals surface area (Å²) in [6.45, 7) is 3.23. The van der Waals surface area contributed by atoms with E-state index in [9.17, 15) is 18.4 Å². The van der Waals surface area contributed by atoms with Crippen LogP contribution in [0.3, 0.4) is 0 Å². The van der Waals surface area contributed by atoms with Gasteiger partial charge in [-0.15, -0.1) is 0 Å². The quantitative estimate of drug-likeness (QED) is 0.625. The lowest BCUT2D eigenvalue weighted by molar-refractivity contribution is -0.159. The number of alkyl halides is 2. The largest absolute Gasteiger partial charge is 0.465 e. The van der Waals surface area contributed by atoms with Gasteiger partial charge in [0.15, 0.2) is 11.2 Å². The summed E-state index contributed by atoms with van der Waals surface area (Å²) in [6, 6.07) is 4.84. The lowest BCUT2D eigenvalue weighted by Gasteiger charge is -2.23. The molecule has 5 heteroatoms. The fraction of sp³-hybridized carbons (Fsp3) is 0.429. The number of fused-ring (bicyclic) bond motifs is 1. The first-order valence-corrected chi connectivity index (χ1v) is 6.03. The molecule has 1 aromatic rings. The SMILES string of the molecule is CCOC(=O)C1(C(F)F)Cc2c(C)cccc2C1=O. The fourth-order valence-electron chi connectivity index (χ4n) is 2.44. The van der Waals surface area contributed by atoms with Crippen LogP contribution in [0.15, 0.2) is 18.2 Å². The number of halogens is 2. The van der Waals surface area contributed by atoms with Crippen LogP contribution in [-0.2, 0) is 16.0 Å². The van der Waals surface area contributed by atoms with Crippen molar-refractivity contribution in [2.24, 2.45) is 5.41 Å². The van der Waals surface area contributed by atoms with Gasteiger partial charge in [0.25, 0.3) is 6.43 Å². The number of Topliss-reactive ketones (excluding diaryl/α,β-unsaturated/α-hetero) is 1. The Morgan fingerprint density at radius 2 is 2.16 bits per heavy atom. The Morgan fingerprint density at radius 1 is 1.47 bits per heavy atom. The summed E-state index contributed by atoms with van der Waals surface area (Å²) in [7, 11) is 0. The smallest absolute Gasteiger partial charge is 0.326 e. The van der Waals surface area contributed by atoms with Gasteiger partial charge in [-0.2, -0.15) is 0 Å². The van der Waals surface area contributed by atoms with Crippen LogP contribution >= 0.6 is 0 Å². The maximum Gasteiger partial charge on any atom is 0.326 e. The first kappa shape index (κ1) is 13.6. The molecule has 0 saturated carbocycles. The van der Waals surface area contributed by atoms with Crippen LogP contribution < -0.4 is 0 Å². The van der Waals surface area contributed by atoms with Crippen molar-refractivity contribution >= 4 is 11.8 Å². The van der Waals surface area contributed by atoms with Gasteiger partial charge in [-0.05, 0) is 25.0 Å². The summed E-state index contributed by atoms with van der Waals surface area (Å²) >= 11 is 0. The number of ether oxygens (including phenoxy) is 1. The minimum absolute atomic E-state index is 0.0318. The molecular weight excluding hydrogens is 254 g/mol. The molecule has 0 fully saturated rings. The number of hydrogen-bond donors (Lipinski definition) is 0. The average molecular weight is 268 g/mol. The summed E-state index contributed by atoms with van der Waals surface area (Å²) in [6.07, 6.45) is -3.37. The number of ketones is 1. The summed E-state index contributed by atoms with van der Waals surface area (Å²) in [5.41, 5.74) is -0.920. The second-order valence-electron chi connectivity index (χ2n) is 4.60. The topological polar surface area (TPSA) is 43.4 Å². The van der Waals surface area contributed by atoms with E-state index in [-0.39, 0.29) is 18.6 Å². The van der Waals surface area contributed by atoms with Gasteiger partial charge >= 0.3 is 5.97 Å². The predicted octanol–water partition coefficient (Wildman–Crippen LogP) is 2.55. The molecule has 0 saturated heterocycles. The summed E-state index contributed by atoms with van der Waals surface area (Å²) in [4.78, 5) is 24.1. The maximum atomic E-state index is 13.4. The molecule has 0 radical (unpaired) electrons. The Kier molecular flexibility index (Phi) is 3.39. The Hall–Kier alpha value is -1.78. The van der Waals surface area contributed by atoms with Gasteiger partial charge < -0.3 is 4.74 Å². The molecule has 2 rings (SSSR count). The van der Waals surface area contributed by atoms with Crippen LogP contribution in [0.4, 0.5) is 8.78 Å². The monoisotopic (exact) mass is 268 g/mol. The van der Waals surface area contributed by atoms with Crippen molar-refractivity contribution in [1.29, 1.82) is 0 Å². The third kappa shape index (κ3) is 1.84. The van der Waals surface area contributed by atoms with E-state index in [4.69, 9.17) is 4.74 Å². The van der Waals surface area contributed by atoms with Crippen molar-refractivity contribution < 1.29 is 23.1 Å². The molecule has 0 bridgehead atoms. The molecule has 1 atom stereocenters. The minimum atomic E-state index is -3.08. The van der Waals surface area contributed by atoms with Crippen LogP contribution in [0.25, 0.3) is 0 Å². The van der Waals surface area contributed by atoms with E-state index in [2.05, 4.69) is 0 Å². The molecule has 0 spiro atoms. The number of carbonyl (C=O) groups is 2. The molecule has 1 unspecified atom stereocenters. The van der Waals surface area contributed by atoms with E-state index in [0.717, 1.165) is 5.56 Å². The van der Waals surface area contributed by atoms with Crippen molar-refractivity contribution in [3.63, 3.8) is 0 Å². The molecule has 1 aliphatic rings. The first-order chi connectivity index (χ1) is 8.95. The third-order valence-electron chi connectivity index (χ3n) is 3.53. The summed E-state index contributed by atoms with van der Waals surface area (Å²) < 4.78 is 31.5. The second kappa shape index (κ2) is 4.72. The lowest BCUT2D eigenvalue weighted by atomic mass is 9.84. The Balaban J connectivity index is 2.54. The highest BCUT2D eigenvalue weighted by Gasteiger charge is 2.59. The highest BCUT2D eigenvalue weighted by molar-refractivity contribution is 6.16. The normalized spacial score (nSPS) is 21.6. The van der Waals surface area contributed by atoms with Gasteiger partial charge in [0.05, 0.1) is 6.61 Å². The molecular formula is C14H14F2O3. The molecule has 1 aliphatic carbocycles. The molecule has 0 aliphatic heterocycles. The number of esters is 1. The molecule has 0 heterocycles. The third-order valence-corrected chi connectivity index (χ3v) is 3.53. The van der Waals surface area contributed by atoms with Gasteiger partial charge in [-0.25, -0.2) is 8.78 Å². The van der Waals surface area contributed by atoms with Gasteiger partial charge in [-0.3, -0.25) is 9.59 Å². The van der Waals surface area contributed by atoms with Crippen LogP contribution in [0, 0.1) is 12.3 Å². The van der Waals surface area contributed by atoms with Crippen molar-refractivity contribution in [3.8, 4) is 0 Å². The second-order valence-corrected chi connectivity index (χ2v) is 4.60. The Labute approximate surface area is 109 Å². The highest BCUT2D eigenvalue weighted by atomic mass is 19.3. The van der Waals surface area contributed by atoms with Crippen molar-refractivity contribution in [1.82, 2.24) is 0 Å². The van der Waals surface area contributed by atoms with E-state index >= 15 is 0 Å². The molecule has 0 N–H and O–H groups in total. The van der Waals surface area contributed by atoms with E-state index in [1.165, 1.54) is 13.0 Å². The number of carbonyl (C=O) groups excluding carboxylic acids is 2. The minimum Gasteiger partial charge on any atom is -0.465 e.